The highest BCUT2D eigenvalue weighted by atomic mass is 32.1. The van der Waals surface area contributed by atoms with E-state index in [1.54, 1.807) is 24.3 Å². The number of thiophene rings is 1. The molecule has 0 radical (unpaired) electrons. The van der Waals surface area contributed by atoms with Crippen molar-refractivity contribution in [1.29, 1.82) is 0 Å². The van der Waals surface area contributed by atoms with Gasteiger partial charge in [0.15, 0.2) is 5.78 Å². The smallest absolute Gasteiger partial charge is 0.322 e. The molecule has 5 nitrogen and oxygen atoms in total. The molecule has 1 N–H and O–H groups in total. The number of nitrogens with one attached hydrogen (secondary N) is 1. The number of hydrogen-bond acceptors (Lipinski definition) is 5. The van der Waals surface area contributed by atoms with Crippen molar-refractivity contribution in [3.8, 4) is 21.7 Å². The number of amides is 1. The van der Waals surface area contributed by atoms with Gasteiger partial charge in [0.1, 0.15) is 11.2 Å². The topological polar surface area (TPSA) is 72.0 Å². The summed E-state index contributed by atoms with van der Waals surface area (Å²) in [6.07, 6.45) is -3.08. The van der Waals surface area contributed by atoms with Crippen LogP contribution in [-0.2, 0) is 6.18 Å². The summed E-state index contributed by atoms with van der Waals surface area (Å²) < 4.78 is 39.1. The van der Waals surface area contributed by atoms with Crippen LogP contribution in [0.5, 0.6) is 0 Å². The van der Waals surface area contributed by atoms with Gasteiger partial charge in [0.2, 0.25) is 0 Å². The van der Waals surface area contributed by atoms with E-state index in [-0.39, 0.29) is 11.3 Å². The number of hydrogen-bond donors (Lipinski definition) is 1. The number of carbonyl (C=O) groups excluding carboxylic acids is 2. The van der Waals surface area contributed by atoms with Crippen molar-refractivity contribution < 1.29 is 22.8 Å². The molecular formula is C28H18F3N3O2S. The maximum atomic E-state index is 13.0. The van der Waals surface area contributed by atoms with Gasteiger partial charge in [-0.15, -0.1) is 11.3 Å². The number of anilines is 1. The second-order valence-corrected chi connectivity index (χ2v) is 9.33. The average Bonchev–Trinajstić information content (AvgIpc) is 3.33. The maximum absolute atomic E-state index is 13.0. The minimum absolute atomic E-state index is 0.0209. The Balaban J connectivity index is 1.46. The molecule has 0 fully saturated rings. The van der Waals surface area contributed by atoms with Gasteiger partial charge < -0.3 is 5.32 Å². The first-order valence-electron chi connectivity index (χ1n) is 11.1. The van der Waals surface area contributed by atoms with E-state index < -0.39 is 17.6 Å². The van der Waals surface area contributed by atoms with Gasteiger partial charge in [0.25, 0.3) is 5.91 Å². The molecule has 1 amide bonds. The molecule has 0 bridgehead atoms. The Morgan fingerprint density at radius 1 is 0.838 bits per heavy atom. The van der Waals surface area contributed by atoms with E-state index in [0.29, 0.717) is 22.5 Å². The number of Topliss-reactive ketones (excluding diaryl/α,β-unsaturated/α-hetero) is 1. The first-order chi connectivity index (χ1) is 17.7. The lowest BCUT2D eigenvalue weighted by Gasteiger charge is -2.10. The van der Waals surface area contributed by atoms with Gasteiger partial charge in [-0.05, 0) is 55.0 Å². The quantitative estimate of drug-likeness (QED) is 0.245. The number of halogens is 3. The first-order valence-corrected chi connectivity index (χ1v) is 12.0. The molecule has 0 aliphatic carbocycles. The van der Waals surface area contributed by atoms with E-state index in [1.807, 2.05) is 30.3 Å². The summed E-state index contributed by atoms with van der Waals surface area (Å²) in [6.45, 7) is 1.52. The molecule has 37 heavy (non-hydrogen) atoms. The first kappa shape index (κ1) is 24.3. The van der Waals surface area contributed by atoms with Gasteiger partial charge >= 0.3 is 6.18 Å². The van der Waals surface area contributed by atoms with Crippen LogP contribution in [0.3, 0.4) is 0 Å². The summed E-state index contributed by atoms with van der Waals surface area (Å²) >= 11 is 1.47. The molecule has 5 rings (SSSR count). The molecule has 0 spiro atoms. The maximum Gasteiger partial charge on any atom is 0.416 e. The minimum atomic E-state index is -4.54. The Kier molecular flexibility index (Phi) is 6.31. The number of benzene rings is 3. The fourth-order valence-corrected chi connectivity index (χ4v) is 4.90. The van der Waals surface area contributed by atoms with Crippen LogP contribution in [0.25, 0.3) is 31.9 Å². The van der Waals surface area contributed by atoms with Crippen molar-refractivity contribution in [1.82, 2.24) is 9.97 Å². The molecule has 3 aromatic carbocycles. The third-order valence-corrected chi connectivity index (χ3v) is 6.82. The summed E-state index contributed by atoms with van der Waals surface area (Å²) in [5.74, 6) is -0.674. The molecule has 0 unspecified atom stereocenters. The largest absolute Gasteiger partial charge is 0.416 e. The number of alkyl halides is 3. The summed E-state index contributed by atoms with van der Waals surface area (Å²) in [5, 5.41) is 3.47. The monoisotopic (exact) mass is 517 g/mol. The third kappa shape index (κ3) is 5.12. The standard InChI is InChI=1S/C28H18F3N3O2S/c1-16(35)17-5-2-6-18(11-17)24-14-23-25(32-15-33-27(23)37-24)19-7-4-10-22(13-19)34-26(36)20-8-3-9-21(12-20)28(29,30)31/h2-15H,1H3,(H,34,36). The average molecular weight is 518 g/mol. The number of fused-ring (bicyclic) bond motifs is 1. The van der Waals surface area contributed by atoms with E-state index in [9.17, 15) is 22.8 Å². The van der Waals surface area contributed by atoms with Crippen LogP contribution in [0.1, 0.15) is 33.2 Å². The van der Waals surface area contributed by atoms with Crippen molar-refractivity contribution in [2.45, 2.75) is 13.1 Å². The van der Waals surface area contributed by atoms with E-state index in [1.165, 1.54) is 36.7 Å². The number of aromatic nitrogens is 2. The van der Waals surface area contributed by atoms with Crippen LogP contribution in [0.15, 0.2) is 85.2 Å². The van der Waals surface area contributed by atoms with Gasteiger partial charge in [-0.1, -0.05) is 36.4 Å². The Labute approximate surface area is 213 Å². The zero-order chi connectivity index (χ0) is 26.2. The van der Waals surface area contributed by atoms with Crippen LogP contribution in [0, 0.1) is 0 Å². The molecule has 2 aromatic heterocycles. The lowest BCUT2D eigenvalue weighted by Crippen LogP contribution is -2.14. The summed E-state index contributed by atoms with van der Waals surface area (Å²) in [5.41, 5.74) is 2.28. The van der Waals surface area contributed by atoms with Gasteiger partial charge in [-0.25, -0.2) is 9.97 Å². The lowest BCUT2D eigenvalue weighted by molar-refractivity contribution is -0.137. The Morgan fingerprint density at radius 2 is 1.57 bits per heavy atom. The zero-order valence-electron chi connectivity index (χ0n) is 19.3. The minimum Gasteiger partial charge on any atom is -0.322 e. The molecule has 0 aliphatic rings. The third-order valence-electron chi connectivity index (χ3n) is 5.73. The number of ketones is 1. The zero-order valence-corrected chi connectivity index (χ0v) is 20.2. The second-order valence-electron chi connectivity index (χ2n) is 8.30. The number of nitrogens with zero attached hydrogens (tertiary/aromatic N) is 2. The molecule has 0 atom stereocenters. The van der Waals surface area contributed by atoms with E-state index >= 15 is 0 Å². The van der Waals surface area contributed by atoms with Crippen molar-refractivity contribution in [3.05, 3.63) is 102 Å². The van der Waals surface area contributed by atoms with Crippen LogP contribution >= 0.6 is 11.3 Å². The summed E-state index contributed by atoms with van der Waals surface area (Å²) in [4.78, 5) is 35.0. The fraction of sp³-hybridized carbons (Fsp3) is 0.0714. The van der Waals surface area contributed by atoms with Gasteiger partial charge in [-0.2, -0.15) is 13.2 Å². The van der Waals surface area contributed by atoms with Crippen LogP contribution < -0.4 is 5.32 Å². The highest BCUT2D eigenvalue weighted by Gasteiger charge is 2.30. The fourth-order valence-electron chi connectivity index (χ4n) is 3.90. The normalized spacial score (nSPS) is 11.5. The van der Waals surface area contributed by atoms with Crippen LogP contribution in [0.4, 0.5) is 18.9 Å². The van der Waals surface area contributed by atoms with Gasteiger partial charge in [-0.3, -0.25) is 9.59 Å². The molecule has 184 valence electrons. The van der Waals surface area contributed by atoms with Gasteiger partial charge in [0, 0.05) is 32.6 Å². The lowest BCUT2D eigenvalue weighted by atomic mass is 10.1. The summed E-state index contributed by atoms with van der Waals surface area (Å²) in [7, 11) is 0. The van der Waals surface area contributed by atoms with E-state index in [2.05, 4.69) is 15.3 Å². The molecule has 9 heteroatoms. The molecule has 5 aromatic rings. The number of rotatable bonds is 5. The Morgan fingerprint density at radius 3 is 2.35 bits per heavy atom. The second kappa shape index (κ2) is 9.59. The highest BCUT2D eigenvalue weighted by molar-refractivity contribution is 7.21. The highest BCUT2D eigenvalue weighted by Crippen LogP contribution is 2.37. The molecule has 0 saturated carbocycles. The SMILES string of the molecule is CC(=O)c1cccc(-c2cc3c(-c4cccc(NC(=O)c5cccc(C(F)(F)F)c5)c4)ncnc3s2)c1. The van der Waals surface area contributed by atoms with E-state index in [0.717, 1.165) is 32.8 Å². The van der Waals surface area contributed by atoms with Crippen LogP contribution in [-0.4, -0.2) is 21.7 Å². The van der Waals surface area contributed by atoms with E-state index in [4.69, 9.17) is 0 Å². The Bertz CT molecular complexity index is 1660. The molecule has 0 saturated heterocycles. The summed E-state index contributed by atoms with van der Waals surface area (Å²) in [6, 6.07) is 20.5. The van der Waals surface area contributed by atoms with Gasteiger partial charge in [0.05, 0.1) is 11.3 Å². The predicted octanol–water partition coefficient (Wildman–Crippen LogP) is 7.50. The Hall–Kier alpha value is -4.37. The van der Waals surface area contributed by atoms with Crippen molar-refractivity contribution in [2.24, 2.45) is 0 Å². The number of carbonyl (C=O) groups is 2. The van der Waals surface area contributed by atoms with Crippen molar-refractivity contribution in [2.75, 3.05) is 5.32 Å². The van der Waals surface area contributed by atoms with Crippen molar-refractivity contribution >= 4 is 38.9 Å². The molecular weight excluding hydrogens is 499 g/mol. The molecule has 0 aliphatic heterocycles. The predicted molar refractivity (Wildman–Crippen MR) is 138 cm³/mol. The van der Waals surface area contributed by atoms with Crippen LogP contribution in [0.2, 0.25) is 0 Å². The van der Waals surface area contributed by atoms with Crippen molar-refractivity contribution in [3.63, 3.8) is 0 Å². The molecule has 2 heterocycles.